The Labute approximate surface area is 134 Å². The molecule has 1 saturated heterocycles. The molecular formula is C16H22N4O3. The van der Waals surface area contributed by atoms with Crippen LogP contribution in [0.4, 0.5) is 5.82 Å². The number of rotatable bonds is 2. The molecule has 1 spiro atoms. The number of fused-ring (bicyclic) bond motifs is 1. The highest BCUT2D eigenvalue weighted by Crippen LogP contribution is 2.52. The van der Waals surface area contributed by atoms with Crippen LogP contribution in [0.15, 0.2) is 18.6 Å². The Morgan fingerprint density at radius 2 is 2.22 bits per heavy atom. The summed E-state index contributed by atoms with van der Waals surface area (Å²) in [5.41, 5.74) is 6.20. The van der Waals surface area contributed by atoms with Gasteiger partial charge in [-0.05, 0) is 25.3 Å². The molecule has 1 aliphatic carbocycles. The number of anilines is 1. The smallest absolute Gasteiger partial charge is 0.145 e. The topological polar surface area (TPSA) is 106 Å². The summed E-state index contributed by atoms with van der Waals surface area (Å²) in [5, 5.41) is 22.1. The van der Waals surface area contributed by atoms with Gasteiger partial charge in [0.2, 0.25) is 0 Å². The number of hydrogen-bond donors (Lipinski definition) is 3. The minimum atomic E-state index is -0.846. The van der Waals surface area contributed by atoms with Gasteiger partial charge >= 0.3 is 0 Å². The van der Waals surface area contributed by atoms with Gasteiger partial charge in [-0.1, -0.05) is 6.92 Å². The number of ether oxygens (including phenoxy) is 1. The van der Waals surface area contributed by atoms with Crippen molar-refractivity contribution in [3.05, 3.63) is 18.6 Å². The summed E-state index contributed by atoms with van der Waals surface area (Å²) < 4.78 is 7.72. The van der Waals surface area contributed by atoms with Gasteiger partial charge in [0.15, 0.2) is 0 Å². The minimum Gasteiger partial charge on any atom is -0.390 e. The quantitative estimate of drug-likeness (QED) is 0.758. The fourth-order valence-electron chi connectivity index (χ4n) is 4.22. The molecule has 7 heteroatoms. The Kier molecular flexibility index (Phi) is 3.33. The maximum atomic E-state index is 10.7. The first-order valence-corrected chi connectivity index (χ1v) is 8.10. The number of aromatic nitrogens is 3. The largest absolute Gasteiger partial charge is 0.390 e. The lowest BCUT2D eigenvalue weighted by atomic mass is 9.81. The molecule has 23 heavy (non-hydrogen) atoms. The van der Waals surface area contributed by atoms with E-state index in [2.05, 4.69) is 16.9 Å². The van der Waals surface area contributed by atoms with Crippen LogP contribution in [-0.2, 0) is 4.74 Å². The van der Waals surface area contributed by atoms with E-state index in [0.717, 1.165) is 18.2 Å². The molecule has 1 aliphatic heterocycles. The van der Waals surface area contributed by atoms with Crippen molar-refractivity contribution in [1.82, 2.24) is 14.5 Å². The molecule has 5 atom stereocenters. The van der Waals surface area contributed by atoms with Crippen molar-refractivity contribution >= 4 is 16.9 Å². The van der Waals surface area contributed by atoms with E-state index in [1.165, 1.54) is 6.33 Å². The van der Waals surface area contributed by atoms with Gasteiger partial charge in [-0.2, -0.15) is 0 Å². The molecule has 2 fully saturated rings. The number of aliphatic hydroxyl groups excluding tert-OH is 2. The maximum Gasteiger partial charge on any atom is 0.145 e. The van der Waals surface area contributed by atoms with Crippen LogP contribution in [0.1, 0.15) is 32.2 Å². The molecular weight excluding hydrogens is 296 g/mol. The highest BCUT2D eigenvalue weighted by molar-refractivity contribution is 5.86. The van der Waals surface area contributed by atoms with Crippen LogP contribution in [0, 0.1) is 5.41 Å². The van der Waals surface area contributed by atoms with Gasteiger partial charge in [0.1, 0.15) is 23.9 Å². The van der Waals surface area contributed by atoms with Crippen LogP contribution in [0.3, 0.4) is 0 Å². The van der Waals surface area contributed by atoms with Crippen LogP contribution in [0.2, 0.25) is 0 Å². The molecule has 7 nitrogen and oxygen atoms in total. The molecule has 4 N–H and O–H groups in total. The van der Waals surface area contributed by atoms with Crippen LogP contribution in [-0.4, -0.2) is 49.7 Å². The van der Waals surface area contributed by atoms with Crippen LogP contribution < -0.4 is 5.73 Å². The van der Waals surface area contributed by atoms with Gasteiger partial charge in [-0.25, -0.2) is 9.97 Å². The summed E-state index contributed by atoms with van der Waals surface area (Å²) in [7, 11) is 0. The van der Waals surface area contributed by atoms with Gasteiger partial charge in [0.25, 0.3) is 0 Å². The Balaban J connectivity index is 1.71. The zero-order chi connectivity index (χ0) is 16.2. The SMILES string of the molecule is CC[C@@H]1C[C@@]2(CO1)C[C@@H](n1ccc3c(N)ncnc31)[C@H](O)[C@@H]2O. The number of hydrogen-bond acceptors (Lipinski definition) is 6. The van der Waals surface area contributed by atoms with E-state index < -0.39 is 12.2 Å². The molecule has 4 rings (SSSR count). The molecule has 1 saturated carbocycles. The van der Waals surface area contributed by atoms with Crippen molar-refractivity contribution in [3.63, 3.8) is 0 Å². The zero-order valence-electron chi connectivity index (χ0n) is 13.1. The highest BCUT2D eigenvalue weighted by atomic mass is 16.5. The molecule has 124 valence electrons. The monoisotopic (exact) mass is 318 g/mol. The second kappa shape index (κ2) is 5.15. The highest BCUT2D eigenvalue weighted by Gasteiger charge is 2.56. The third kappa shape index (κ3) is 2.07. The van der Waals surface area contributed by atoms with Gasteiger partial charge in [0.05, 0.1) is 30.2 Å². The first-order valence-electron chi connectivity index (χ1n) is 8.10. The van der Waals surface area contributed by atoms with Gasteiger partial charge < -0.3 is 25.3 Å². The van der Waals surface area contributed by atoms with Crippen LogP contribution in [0.25, 0.3) is 11.0 Å². The number of aliphatic hydroxyl groups is 2. The van der Waals surface area contributed by atoms with E-state index in [0.29, 0.717) is 24.5 Å². The van der Waals surface area contributed by atoms with Crippen molar-refractivity contribution in [2.24, 2.45) is 5.41 Å². The first-order chi connectivity index (χ1) is 11.1. The average Bonchev–Trinajstić information content (AvgIpc) is 3.22. The summed E-state index contributed by atoms with van der Waals surface area (Å²) in [5.74, 6) is 0.423. The summed E-state index contributed by atoms with van der Waals surface area (Å²) in [4.78, 5) is 8.29. The van der Waals surface area contributed by atoms with Gasteiger partial charge in [-0.15, -0.1) is 0 Å². The van der Waals surface area contributed by atoms with Crippen molar-refractivity contribution < 1.29 is 14.9 Å². The zero-order valence-corrected chi connectivity index (χ0v) is 13.1. The van der Waals surface area contributed by atoms with Gasteiger partial charge in [0, 0.05) is 11.6 Å². The van der Waals surface area contributed by atoms with Crippen LogP contribution >= 0.6 is 0 Å². The number of nitrogens with zero attached hydrogens (tertiary/aromatic N) is 3. The maximum absolute atomic E-state index is 10.7. The lowest BCUT2D eigenvalue weighted by molar-refractivity contribution is -0.0309. The summed E-state index contributed by atoms with van der Waals surface area (Å²) >= 11 is 0. The Hall–Kier alpha value is -1.70. The molecule has 0 amide bonds. The molecule has 3 heterocycles. The van der Waals surface area contributed by atoms with E-state index in [1.54, 1.807) is 0 Å². The summed E-state index contributed by atoms with van der Waals surface area (Å²) in [6.07, 6.45) is 4.19. The van der Waals surface area contributed by atoms with E-state index in [9.17, 15) is 10.2 Å². The van der Waals surface area contributed by atoms with Crippen LogP contribution in [0.5, 0.6) is 0 Å². The Morgan fingerprint density at radius 3 is 2.96 bits per heavy atom. The molecule has 2 aromatic rings. The normalized spacial score (nSPS) is 37.2. The molecule has 2 aromatic heterocycles. The first kappa shape index (κ1) is 14.9. The summed E-state index contributed by atoms with van der Waals surface area (Å²) in [6, 6.07) is 1.62. The van der Waals surface area contributed by atoms with E-state index in [-0.39, 0.29) is 17.6 Å². The third-order valence-corrected chi connectivity index (χ3v) is 5.55. The minimum absolute atomic E-state index is 0.162. The Morgan fingerprint density at radius 1 is 1.39 bits per heavy atom. The predicted molar refractivity (Wildman–Crippen MR) is 84.7 cm³/mol. The number of nitrogens with two attached hydrogens (primary N) is 1. The van der Waals surface area contributed by atoms with E-state index >= 15 is 0 Å². The second-order valence-corrected chi connectivity index (χ2v) is 6.83. The summed E-state index contributed by atoms with van der Waals surface area (Å²) in [6.45, 7) is 2.58. The fourth-order valence-corrected chi connectivity index (χ4v) is 4.22. The molecule has 0 radical (unpaired) electrons. The third-order valence-electron chi connectivity index (χ3n) is 5.55. The fraction of sp³-hybridized carbons (Fsp3) is 0.625. The number of nitrogen functional groups attached to an aromatic ring is 1. The van der Waals surface area contributed by atoms with Crippen molar-refractivity contribution in [3.8, 4) is 0 Å². The van der Waals surface area contributed by atoms with Crippen molar-refractivity contribution in [2.45, 2.75) is 50.5 Å². The standard InChI is InChI=1S/C16H22N4O3/c1-2-9-5-16(7-23-9)6-11(12(21)13(16)22)20-4-3-10-14(17)18-8-19-15(10)20/h3-4,8-9,11-13,21-22H,2,5-7H2,1H3,(H2,17,18,19)/t9-,11-,12+,13+,16+/m1/s1. The molecule has 0 aromatic carbocycles. The lowest BCUT2D eigenvalue weighted by Crippen LogP contribution is -2.37. The second-order valence-electron chi connectivity index (χ2n) is 6.83. The molecule has 0 bridgehead atoms. The van der Waals surface area contributed by atoms with Gasteiger partial charge in [-0.3, -0.25) is 0 Å². The lowest BCUT2D eigenvalue weighted by Gasteiger charge is -2.26. The average molecular weight is 318 g/mol. The van der Waals surface area contributed by atoms with Crippen molar-refractivity contribution in [1.29, 1.82) is 0 Å². The van der Waals surface area contributed by atoms with E-state index in [4.69, 9.17) is 10.5 Å². The molecule has 2 aliphatic rings. The van der Waals surface area contributed by atoms with E-state index in [1.807, 2.05) is 16.8 Å². The Bertz CT molecular complexity index is 733. The van der Waals surface area contributed by atoms with Crippen molar-refractivity contribution in [2.75, 3.05) is 12.3 Å². The molecule has 0 unspecified atom stereocenters. The predicted octanol–water partition coefficient (Wildman–Crippen LogP) is 0.865.